The molecule has 1 aliphatic rings. The van der Waals surface area contributed by atoms with Gasteiger partial charge in [-0.1, -0.05) is 0 Å². The zero-order valence-electron chi connectivity index (χ0n) is 5.97. The quantitative estimate of drug-likeness (QED) is 0.434. The fourth-order valence-corrected chi connectivity index (χ4v) is 1.00. The highest BCUT2D eigenvalue weighted by molar-refractivity contribution is 4.90. The Kier molecular flexibility index (Phi) is 2.62. The molecular weight excluding hydrogens is 132 g/mol. The van der Waals surface area contributed by atoms with Crippen molar-refractivity contribution < 1.29 is 9.84 Å². The third-order valence-electron chi connectivity index (χ3n) is 1.82. The SMILES string of the molecule is NC[C@]1(CO)COCCN1. The molecule has 4 N–H and O–H groups in total. The highest BCUT2D eigenvalue weighted by Crippen LogP contribution is 2.05. The van der Waals surface area contributed by atoms with E-state index in [2.05, 4.69) is 5.32 Å². The van der Waals surface area contributed by atoms with E-state index in [1.54, 1.807) is 0 Å². The van der Waals surface area contributed by atoms with Crippen LogP contribution >= 0.6 is 0 Å². The molecule has 0 aromatic heterocycles. The summed E-state index contributed by atoms with van der Waals surface area (Å²) >= 11 is 0. The van der Waals surface area contributed by atoms with E-state index in [-0.39, 0.29) is 12.1 Å². The van der Waals surface area contributed by atoms with E-state index in [1.165, 1.54) is 0 Å². The minimum Gasteiger partial charge on any atom is -0.394 e. The molecule has 0 bridgehead atoms. The van der Waals surface area contributed by atoms with Crippen molar-refractivity contribution in [1.82, 2.24) is 5.32 Å². The lowest BCUT2D eigenvalue weighted by molar-refractivity contribution is 0.00356. The number of aliphatic hydroxyl groups is 1. The first-order valence-electron chi connectivity index (χ1n) is 3.47. The first kappa shape index (κ1) is 7.94. The standard InChI is InChI=1S/C6H14N2O2/c7-3-6(4-9)5-10-2-1-8-6/h8-9H,1-5,7H2/t6-/m0/s1. The molecule has 0 unspecified atom stereocenters. The average Bonchev–Trinajstić information content (AvgIpc) is 2.06. The summed E-state index contributed by atoms with van der Waals surface area (Å²) in [6.45, 7) is 2.46. The Hall–Kier alpha value is -0.160. The van der Waals surface area contributed by atoms with Crippen LogP contribution in [-0.4, -0.2) is 43.6 Å². The minimum absolute atomic E-state index is 0.0451. The zero-order valence-corrected chi connectivity index (χ0v) is 5.97. The maximum Gasteiger partial charge on any atom is 0.0775 e. The number of morpholine rings is 1. The van der Waals surface area contributed by atoms with Crippen molar-refractivity contribution in [3.05, 3.63) is 0 Å². The Morgan fingerprint density at radius 1 is 1.70 bits per heavy atom. The number of hydrogen-bond acceptors (Lipinski definition) is 4. The van der Waals surface area contributed by atoms with E-state index < -0.39 is 0 Å². The number of hydrogen-bond donors (Lipinski definition) is 3. The molecule has 1 saturated heterocycles. The molecule has 0 aromatic carbocycles. The predicted octanol–water partition coefficient (Wildman–Crippen LogP) is -1.70. The molecule has 0 aromatic rings. The Morgan fingerprint density at radius 3 is 2.80 bits per heavy atom. The summed E-state index contributed by atoms with van der Waals surface area (Å²) in [5.41, 5.74) is 5.07. The normalized spacial score (nSPS) is 34.2. The van der Waals surface area contributed by atoms with Gasteiger partial charge >= 0.3 is 0 Å². The first-order valence-corrected chi connectivity index (χ1v) is 3.47. The van der Waals surface area contributed by atoms with Crippen LogP contribution < -0.4 is 11.1 Å². The Morgan fingerprint density at radius 2 is 2.50 bits per heavy atom. The maximum absolute atomic E-state index is 8.92. The molecule has 0 aliphatic carbocycles. The van der Waals surface area contributed by atoms with Crippen molar-refractivity contribution >= 4 is 0 Å². The summed E-state index contributed by atoms with van der Waals surface area (Å²) in [6.07, 6.45) is 0. The average molecular weight is 146 g/mol. The Balaban J connectivity index is 2.44. The van der Waals surface area contributed by atoms with Gasteiger partial charge in [-0.15, -0.1) is 0 Å². The van der Waals surface area contributed by atoms with Gasteiger partial charge in [0.25, 0.3) is 0 Å². The second-order valence-electron chi connectivity index (χ2n) is 2.62. The van der Waals surface area contributed by atoms with E-state index in [9.17, 15) is 0 Å². The highest BCUT2D eigenvalue weighted by Gasteiger charge is 2.29. The molecule has 1 fully saturated rings. The fourth-order valence-electron chi connectivity index (χ4n) is 1.00. The van der Waals surface area contributed by atoms with Crippen LogP contribution in [0.4, 0.5) is 0 Å². The second-order valence-corrected chi connectivity index (χ2v) is 2.62. The monoisotopic (exact) mass is 146 g/mol. The minimum atomic E-state index is -0.377. The predicted molar refractivity (Wildman–Crippen MR) is 37.7 cm³/mol. The van der Waals surface area contributed by atoms with E-state index >= 15 is 0 Å². The van der Waals surface area contributed by atoms with Gasteiger partial charge in [0.05, 0.1) is 25.4 Å². The van der Waals surface area contributed by atoms with E-state index in [4.69, 9.17) is 15.6 Å². The topological polar surface area (TPSA) is 67.5 Å². The second kappa shape index (κ2) is 3.30. The van der Waals surface area contributed by atoms with Crippen molar-refractivity contribution in [2.24, 2.45) is 5.73 Å². The number of aliphatic hydroxyl groups excluding tert-OH is 1. The van der Waals surface area contributed by atoms with Crippen molar-refractivity contribution in [3.63, 3.8) is 0 Å². The van der Waals surface area contributed by atoms with Crippen LogP contribution in [0.25, 0.3) is 0 Å². The number of nitrogens with two attached hydrogens (primary N) is 1. The molecular formula is C6H14N2O2. The van der Waals surface area contributed by atoms with Crippen molar-refractivity contribution in [2.45, 2.75) is 5.54 Å². The summed E-state index contributed by atoms with van der Waals surface area (Å²) in [6, 6.07) is 0. The van der Waals surface area contributed by atoms with Gasteiger partial charge in [0.1, 0.15) is 0 Å². The molecule has 1 atom stereocenters. The van der Waals surface area contributed by atoms with Gasteiger partial charge in [0.15, 0.2) is 0 Å². The molecule has 4 nitrogen and oxygen atoms in total. The molecule has 4 heteroatoms. The van der Waals surface area contributed by atoms with Crippen LogP contribution in [0.2, 0.25) is 0 Å². The molecule has 60 valence electrons. The number of rotatable bonds is 2. The van der Waals surface area contributed by atoms with Crippen LogP contribution in [0.5, 0.6) is 0 Å². The summed E-state index contributed by atoms with van der Waals surface area (Å²) in [4.78, 5) is 0. The third kappa shape index (κ3) is 1.46. The maximum atomic E-state index is 8.92. The molecule has 0 amide bonds. The third-order valence-corrected chi connectivity index (χ3v) is 1.82. The van der Waals surface area contributed by atoms with E-state index in [1.807, 2.05) is 0 Å². The lowest BCUT2D eigenvalue weighted by Crippen LogP contribution is -2.61. The summed E-state index contributed by atoms with van der Waals surface area (Å²) in [5, 5.41) is 12.1. The molecule has 1 rings (SSSR count). The van der Waals surface area contributed by atoms with Gasteiger partial charge < -0.3 is 20.9 Å². The van der Waals surface area contributed by atoms with Crippen LogP contribution in [0, 0.1) is 0 Å². The van der Waals surface area contributed by atoms with Crippen LogP contribution in [-0.2, 0) is 4.74 Å². The fraction of sp³-hybridized carbons (Fsp3) is 1.00. The first-order chi connectivity index (χ1) is 4.83. The largest absolute Gasteiger partial charge is 0.394 e. The highest BCUT2D eigenvalue weighted by atomic mass is 16.5. The van der Waals surface area contributed by atoms with Gasteiger partial charge in [-0.25, -0.2) is 0 Å². The van der Waals surface area contributed by atoms with Crippen LogP contribution in [0.15, 0.2) is 0 Å². The molecule has 10 heavy (non-hydrogen) atoms. The molecule has 0 saturated carbocycles. The van der Waals surface area contributed by atoms with Gasteiger partial charge in [0, 0.05) is 13.1 Å². The van der Waals surface area contributed by atoms with E-state index in [0.717, 1.165) is 6.54 Å². The number of nitrogens with one attached hydrogen (secondary N) is 1. The Labute approximate surface area is 60.4 Å². The lowest BCUT2D eigenvalue weighted by atomic mass is 10.0. The smallest absolute Gasteiger partial charge is 0.0775 e. The molecule has 0 radical (unpaired) electrons. The molecule has 1 heterocycles. The zero-order chi connectivity index (χ0) is 7.45. The van der Waals surface area contributed by atoms with Crippen molar-refractivity contribution in [2.75, 3.05) is 32.9 Å². The summed E-state index contributed by atoms with van der Waals surface area (Å²) < 4.78 is 5.16. The van der Waals surface area contributed by atoms with Gasteiger partial charge in [0.2, 0.25) is 0 Å². The summed E-state index contributed by atoms with van der Waals surface area (Å²) in [5.74, 6) is 0. The van der Waals surface area contributed by atoms with Gasteiger partial charge in [-0.05, 0) is 0 Å². The lowest BCUT2D eigenvalue weighted by Gasteiger charge is -2.35. The molecule has 1 aliphatic heterocycles. The van der Waals surface area contributed by atoms with Crippen LogP contribution in [0.1, 0.15) is 0 Å². The number of ether oxygens (including phenoxy) is 1. The molecule has 0 spiro atoms. The van der Waals surface area contributed by atoms with Crippen molar-refractivity contribution in [1.29, 1.82) is 0 Å². The van der Waals surface area contributed by atoms with Gasteiger partial charge in [-0.2, -0.15) is 0 Å². The Bertz CT molecular complexity index is 95.9. The van der Waals surface area contributed by atoms with E-state index in [0.29, 0.717) is 19.8 Å². The van der Waals surface area contributed by atoms with Crippen molar-refractivity contribution in [3.8, 4) is 0 Å². The van der Waals surface area contributed by atoms with Crippen LogP contribution in [0.3, 0.4) is 0 Å². The summed E-state index contributed by atoms with van der Waals surface area (Å²) in [7, 11) is 0. The van der Waals surface area contributed by atoms with Gasteiger partial charge in [-0.3, -0.25) is 0 Å².